The van der Waals surface area contributed by atoms with Gasteiger partial charge in [-0.15, -0.1) is 0 Å². The highest BCUT2D eigenvalue weighted by molar-refractivity contribution is 5.84. The lowest BCUT2D eigenvalue weighted by molar-refractivity contribution is -0.123. The van der Waals surface area contributed by atoms with Gasteiger partial charge >= 0.3 is 0 Å². The van der Waals surface area contributed by atoms with Crippen molar-refractivity contribution in [2.24, 2.45) is 0 Å². The molecule has 5 nitrogen and oxygen atoms in total. The first kappa shape index (κ1) is 19.7. The van der Waals surface area contributed by atoms with Gasteiger partial charge in [-0.3, -0.25) is 9.59 Å². The molecule has 2 aromatic carbocycles. The van der Waals surface area contributed by atoms with Crippen LogP contribution < -0.4 is 15.6 Å². The molecule has 0 radical (unpaired) electrons. The zero-order valence-electron chi connectivity index (χ0n) is 16.6. The van der Waals surface area contributed by atoms with E-state index in [0.29, 0.717) is 18.8 Å². The summed E-state index contributed by atoms with van der Waals surface area (Å²) in [6.45, 7) is 7.07. The van der Waals surface area contributed by atoms with Crippen molar-refractivity contribution in [3.63, 3.8) is 0 Å². The van der Waals surface area contributed by atoms with E-state index in [2.05, 4.69) is 19.2 Å². The van der Waals surface area contributed by atoms with Gasteiger partial charge in [0.1, 0.15) is 5.75 Å². The van der Waals surface area contributed by atoms with Crippen LogP contribution >= 0.6 is 0 Å². The summed E-state index contributed by atoms with van der Waals surface area (Å²) in [6.07, 6.45) is 0. The molecule has 0 fully saturated rings. The average Bonchev–Trinajstić information content (AvgIpc) is 2.70. The second-order valence-electron chi connectivity index (χ2n) is 7.07. The van der Waals surface area contributed by atoms with Crippen molar-refractivity contribution < 1.29 is 9.53 Å². The van der Waals surface area contributed by atoms with Gasteiger partial charge in [-0.2, -0.15) is 0 Å². The molecule has 0 atom stereocenters. The maximum absolute atomic E-state index is 12.4. The van der Waals surface area contributed by atoms with Gasteiger partial charge in [0, 0.05) is 30.6 Å². The number of aromatic nitrogens is 1. The van der Waals surface area contributed by atoms with Crippen molar-refractivity contribution in [3.8, 4) is 5.75 Å². The number of hydrogen-bond donors (Lipinski definition) is 1. The van der Waals surface area contributed by atoms with E-state index in [1.54, 1.807) is 10.6 Å². The minimum absolute atomic E-state index is 0.0172. The number of pyridine rings is 1. The van der Waals surface area contributed by atoms with Gasteiger partial charge < -0.3 is 14.6 Å². The van der Waals surface area contributed by atoms with Gasteiger partial charge in [0.25, 0.3) is 11.5 Å². The molecule has 5 heteroatoms. The Labute approximate surface area is 165 Å². The van der Waals surface area contributed by atoms with Crippen LogP contribution in [-0.4, -0.2) is 17.1 Å². The van der Waals surface area contributed by atoms with Crippen LogP contribution in [0.2, 0.25) is 0 Å². The highest BCUT2D eigenvalue weighted by Crippen LogP contribution is 2.27. The van der Waals surface area contributed by atoms with Crippen molar-refractivity contribution in [2.45, 2.75) is 39.8 Å². The van der Waals surface area contributed by atoms with Gasteiger partial charge in [-0.05, 0) is 36.1 Å². The minimum Gasteiger partial charge on any atom is -0.484 e. The van der Waals surface area contributed by atoms with Crippen molar-refractivity contribution in [3.05, 3.63) is 76.1 Å². The first-order valence-corrected chi connectivity index (χ1v) is 9.60. The Balaban J connectivity index is 1.75. The third-order valence-electron chi connectivity index (χ3n) is 4.76. The zero-order chi connectivity index (χ0) is 20.1. The molecule has 0 unspecified atom stereocenters. The van der Waals surface area contributed by atoms with Crippen molar-refractivity contribution in [1.29, 1.82) is 0 Å². The van der Waals surface area contributed by atoms with E-state index in [4.69, 9.17) is 4.74 Å². The highest BCUT2D eigenvalue weighted by atomic mass is 16.5. The molecule has 0 aliphatic carbocycles. The quantitative estimate of drug-likeness (QED) is 0.679. The number of rotatable bonds is 7. The lowest BCUT2D eigenvalue weighted by atomic mass is 9.98. The van der Waals surface area contributed by atoms with Crippen LogP contribution in [0.5, 0.6) is 5.75 Å². The zero-order valence-corrected chi connectivity index (χ0v) is 16.6. The van der Waals surface area contributed by atoms with Crippen molar-refractivity contribution >= 4 is 16.8 Å². The topological polar surface area (TPSA) is 60.3 Å². The number of benzene rings is 2. The Kier molecular flexibility index (Phi) is 6.14. The number of fused-ring (bicyclic) bond motifs is 1. The number of aryl methyl sites for hydroxylation is 1. The van der Waals surface area contributed by atoms with Crippen LogP contribution in [0.25, 0.3) is 10.9 Å². The maximum Gasteiger partial charge on any atom is 0.258 e. The van der Waals surface area contributed by atoms with Crippen molar-refractivity contribution in [2.75, 3.05) is 6.61 Å². The van der Waals surface area contributed by atoms with Crippen LogP contribution in [0.1, 0.15) is 37.8 Å². The lowest BCUT2D eigenvalue weighted by Crippen LogP contribution is -2.28. The minimum atomic E-state index is -0.187. The SMILES string of the molecule is CCn1c(=O)cc(C(C)C)c2ccc(OCC(=O)NCc3ccccc3)cc21. The molecule has 0 aliphatic rings. The molecule has 3 rings (SSSR count). The smallest absolute Gasteiger partial charge is 0.258 e. The fourth-order valence-corrected chi connectivity index (χ4v) is 3.28. The summed E-state index contributed by atoms with van der Waals surface area (Å²) in [5.41, 5.74) is 2.88. The second kappa shape index (κ2) is 8.74. The fourth-order valence-electron chi connectivity index (χ4n) is 3.28. The summed E-state index contributed by atoms with van der Waals surface area (Å²) < 4.78 is 7.40. The van der Waals surface area contributed by atoms with Gasteiger partial charge in [0.15, 0.2) is 6.61 Å². The Morgan fingerprint density at radius 1 is 1.11 bits per heavy atom. The molecule has 3 aromatic rings. The van der Waals surface area contributed by atoms with Crippen LogP contribution in [0, 0.1) is 0 Å². The molecule has 1 N–H and O–H groups in total. The number of nitrogens with zero attached hydrogens (tertiary/aromatic N) is 1. The highest BCUT2D eigenvalue weighted by Gasteiger charge is 2.12. The Bertz CT molecular complexity index is 1020. The van der Waals surface area contributed by atoms with Gasteiger partial charge in [0.2, 0.25) is 0 Å². The molecule has 0 bridgehead atoms. The predicted molar refractivity (Wildman–Crippen MR) is 112 cm³/mol. The number of amides is 1. The lowest BCUT2D eigenvalue weighted by Gasteiger charge is -2.15. The number of carbonyl (C=O) groups is 1. The average molecular weight is 378 g/mol. The monoisotopic (exact) mass is 378 g/mol. The van der Waals surface area contributed by atoms with E-state index in [1.165, 1.54) is 0 Å². The summed E-state index contributed by atoms with van der Waals surface area (Å²) in [6, 6.07) is 17.1. The predicted octanol–water partition coefficient (Wildman–Crippen LogP) is 3.84. The molecule has 0 saturated heterocycles. The van der Waals surface area contributed by atoms with Crippen LogP contribution in [-0.2, 0) is 17.9 Å². The number of ether oxygens (including phenoxy) is 1. The van der Waals surface area contributed by atoms with E-state index in [0.717, 1.165) is 22.0 Å². The molecular weight excluding hydrogens is 352 g/mol. The van der Waals surface area contributed by atoms with Gasteiger partial charge in [-0.25, -0.2) is 0 Å². The Morgan fingerprint density at radius 3 is 2.54 bits per heavy atom. The van der Waals surface area contributed by atoms with E-state index >= 15 is 0 Å². The molecule has 28 heavy (non-hydrogen) atoms. The van der Waals surface area contributed by atoms with E-state index in [1.807, 2.05) is 55.5 Å². The summed E-state index contributed by atoms with van der Waals surface area (Å²) in [5.74, 6) is 0.634. The standard InChI is InChI=1S/C23H26N2O3/c1-4-25-21-12-18(10-11-19(21)20(16(2)3)13-23(25)27)28-15-22(26)24-14-17-8-6-5-7-9-17/h5-13,16H,4,14-15H2,1-3H3,(H,24,26). The largest absolute Gasteiger partial charge is 0.484 e. The third-order valence-corrected chi connectivity index (χ3v) is 4.76. The van der Waals surface area contributed by atoms with Gasteiger partial charge in [0.05, 0.1) is 5.52 Å². The Morgan fingerprint density at radius 2 is 1.86 bits per heavy atom. The van der Waals surface area contributed by atoms with E-state index in [-0.39, 0.29) is 24.0 Å². The summed E-state index contributed by atoms with van der Waals surface area (Å²) in [4.78, 5) is 24.5. The molecule has 1 aromatic heterocycles. The molecule has 1 amide bonds. The fraction of sp³-hybridized carbons (Fsp3) is 0.304. The van der Waals surface area contributed by atoms with Crippen molar-refractivity contribution in [1.82, 2.24) is 9.88 Å². The van der Waals surface area contributed by atoms with Crippen LogP contribution in [0.3, 0.4) is 0 Å². The number of carbonyl (C=O) groups excluding carboxylic acids is 1. The Hall–Kier alpha value is -3.08. The summed E-state index contributed by atoms with van der Waals surface area (Å²) in [5, 5.41) is 3.88. The summed E-state index contributed by atoms with van der Waals surface area (Å²) >= 11 is 0. The molecule has 0 saturated carbocycles. The van der Waals surface area contributed by atoms with Gasteiger partial charge in [-0.1, -0.05) is 44.2 Å². The first-order chi connectivity index (χ1) is 13.5. The normalized spacial score (nSPS) is 11.0. The number of nitrogens with one attached hydrogen (secondary N) is 1. The third kappa shape index (κ3) is 4.42. The molecule has 146 valence electrons. The van der Waals surface area contributed by atoms with Crippen LogP contribution in [0.15, 0.2) is 59.4 Å². The molecule has 0 aliphatic heterocycles. The second-order valence-corrected chi connectivity index (χ2v) is 7.07. The number of hydrogen-bond acceptors (Lipinski definition) is 3. The van der Waals surface area contributed by atoms with E-state index in [9.17, 15) is 9.59 Å². The molecule has 1 heterocycles. The molecular formula is C23H26N2O3. The maximum atomic E-state index is 12.4. The van der Waals surface area contributed by atoms with Crippen LogP contribution in [0.4, 0.5) is 0 Å². The van der Waals surface area contributed by atoms with E-state index < -0.39 is 0 Å². The summed E-state index contributed by atoms with van der Waals surface area (Å²) in [7, 11) is 0. The molecule has 0 spiro atoms. The first-order valence-electron chi connectivity index (χ1n) is 9.60.